The number of nitro benzene ring substituents is 1. The molecule has 0 N–H and O–H groups in total. The Labute approximate surface area is 180 Å². The molecule has 2 heterocycles. The maximum Gasteiger partial charge on any atom is 0.410 e. The molecule has 1 aromatic rings. The summed E-state index contributed by atoms with van der Waals surface area (Å²) in [7, 11) is 0. The number of non-ortho nitro benzene ring substituents is 1. The SMILES string of the molecule is CC(C)(C)OC(=O)N1CCC(C(=O)N2CCN(c3ccc([N+](=O)[O-])cc3F)CC2)CC1. The molecule has 10 heteroatoms. The Morgan fingerprint density at radius 1 is 1.06 bits per heavy atom. The van der Waals surface area contributed by atoms with Crippen LogP contribution in [-0.2, 0) is 9.53 Å². The van der Waals surface area contributed by atoms with Crippen molar-refractivity contribution in [1.82, 2.24) is 9.80 Å². The van der Waals surface area contributed by atoms with Crippen molar-refractivity contribution in [1.29, 1.82) is 0 Å². The first-order valence-corrected chi connectivity index (χ1v) is 10.5. The number of hydrogen-bond acceptors (Lipinski definition) is 6. The predicted octanol–water partition coefficient (Wildman–Crippen LogP) is 3.03. The first-order valence-electron chi connectivity index (χ1n) is 10.5. The van der Waals surface area contributed by atoms with Crippen LogP contribution < -0.4 is 4.90 Å². The molecule has 2 saturated heterocycles. The summed E-state index contributed by atoms with van der Waals surface area (Å²) in [5, 5.41) is 10.8. The number of likely N-dealkylation sites (tertiary alicyclic amines) is 1. The molecule has 1 aromatic carbocycles. The van der Waals surface area contributed by atoms with Crippen LogP contribution in [0.3, 0.4) is 0 Å². The number of ether oxygens (including phenoxy) is 1. The zero-order valence-corrected chi connectivity index (χ0v) is 18.2. The lowest BCUT2D eigenvalue weighted by atomic mass is 9.95. The van der Waals surface area contributed by atoms with Gasteiger partial charge in [0.15, 0.2) is 5.82 Å². The van der Waals surface area contributed by atoms with Gasteiger partial charge in [-0.3, -0.25) is 14.9 Å². The summed E-state index contributed by atoms with van der Waals surface area (Å²) < 4.78 is 19.7. The molecule has 2 aliphatic rings. The summed E-state index contributed by atoms with van der Waals surface area (Å²) in [5.41, 5.74) is -0.525. The van der Waals surface area contributed by atoms with Crippen LogP contribution in [0.5, 0.6) is 0 Å². The molecule has 3 rings (SSSR count). The number of halogens is 1. The van der Waals surface area contributed by atoms with Crippen LogP contribution in [0.4, 0.5) is 20.6 Å². The summed E-state index contributed by atoms with van der Waals surface area (Å²) in [6, 6.07) is 3.62. The minimum Gasteiger partial charge on any atom is -0.444 e. The minimum absolute atomic E-state index is 0.0626. The minimum atomic E-state index is -0.636. The molecule has 0 aliphatic carbocycles. The van der Waals surface area contributed by atoms with Crippen LogP contribution >= 0.6 is 0 Å². The van der Waals surface area contributed by atoms with Crippen molar-refractivity contribution in [3.8, 4) is 0 Å². The van der Waals surface area contributed by atoms with E-state index in [-0.39, 0.29) is 23.6 Å². The van der Waals surface area contributed by atoms with Crippen LogP contribution in [0.15, 0.2) is 18.2 Å². The van der Waals surface area contributed by atoms with Crippen molar-refractivity contribution >= 4 is 23.4 Å². The standard InChI is InChI=1S/C21H29FN4O5/c1-21(2,3)31-20(28)25-8-6-15(7-9-25)19(27)24-12-10-23(11-13-24)18-5-4-16(26(29)30)14-17(18)22/h4-5,14-15H,6-13H2,1-3H3. The van der Waals surface area contributed by atoms with Gasteiger partial charge in [0.2, 0.25) is 5.91 Å². The number of rotatable bonds is 3. The van der Waals surface area contributed by atoms with Crippen LogP contribution in [0, 0.1) is 21.8 Å². The van der Waals surface area contributed by atoms with Crippen molar-refractivity contribution in [2.75, 3.05) is 44.2 Å². The highest BCUT2D eigenvalue weighted by Crippen LogP contribution is 2.26. The quantitative estimate of drug-likeness (QED) is 0.534. The van der Waals surface area contributed by atoms with E-state index in [2.05, 4.69) is 0 Å². The molecule has 0 bridgehead atoms. The van der Waals surface area contributed by atoms with Gasteiger partial charge in [-0.1, -0.05) is 0 Å². The molecule has 0 atom stereocenters. The van der Waals surface area contributed by atoms with E-state index in [1.165, 1.54) is 12.1 Å². The van der Waals surface area contributed by atoms with Gasteiger partial charge >= 0.3 is 6.09 Å². The smallest absolute Gasteiger partial charge is 0.410 e. The number of carbonyl (C=O) groups is 2. The molecule has 170 valence electrons. The largest absolute Gasteiger partial charge is 0.444 e. The Kier molecular flexibility index (Phi) is 6.66. The molecule has 0 radical (unpaired) electrons. The lowest BCUT2D eigenvalue weighted by molar-refractivity contribution is -0.385. The summed E-state index contributed by atoms with van der Waals surface area (Å²) >= 11 is 0. The van der Waals surface area contributed by atoms with Crippen LogP contribution in [-0.4, -0.2) is 71.6 Å². The Morgan fingerprint density at radius 2 is 1.68 bits per heavy atom. The fourth-order valence-electron chi connectivity index (χ4n) is 3.93. The third-order valence-electron chi connectivity index (χ3n) is 5.57. The van der Waals surface area contributed by atoms with Crippen molar-refractivity contribution in [2.24, 2.45) is 5.92 Å². The normalized spacial score (nSPS) is 18.1. The fourth-order valence-corrected chi connectivity index (χ4v) is 3.93. The number of nitrogens with zero attached hydrogens (tertiary/aromatic N) is 4. The third kappa shape index (κ3) is 5.62. The van der Waals surface area contributed by atoms with Gasteiger partial charge in [0, 0.05) is 51.3 Å². The van der Waals surface area contributed by atoms with Gasteiger partial charge in [-0.05, 0) is 39.7 Å². The number of benzene rings is 1. The van der Waals surface area contributed by atoms with Gasteiger partial charge < -0.3 is 19.4 Å². The first kappa shape index (κ1) is 22.8. The zero-order chi connectivity index (χ0) is 22.8. The van der Waals surface area contributed by atoms with E-state index in [1.807, 2.05) is 20.8 Å². The summed E-state index contributed by atoms with van der Waals surface area (Å²) in [5.74, 6) is -0.711. The van der Waals surface area contributed by atoms with Gasteiger partial charge in [-0.25, -0.2) is 9.18 Å². The Morgan fingerprint density at radius 3 is 2.19 bits per heavy atom. The van der Waals surface area contributed by atoms with Gasteiger partial charge in [0.05, 0.1) is 16.7 Å². The highest BCUT2D eigenvalue weighted by atomic mass is 19.1. The highest BCUT2D eigenvalue weighted by Gasteiger charge is 2.33. The maximum atomic E-state index is 14.3. The van der Waals surface area contributed by atoms with E-state index in [4.69, 9.17) is 4.74 Å². The van der Waals surface area contributed by atoms with E-state index in [0.29, 0.717) is 57.8 Å². The number of carbonyl (C=O) groups excluding carboxylic acids is 2. The highest BCUT2D eigenvalue weighted by molar-refractivity contribution is 5.79. The molecule has 31 heavy (non-hydrogen) atoms. The molecule has 0 saturated carbocycles. The number of hydrogen-bond donors (Lipinski definition) is 0. The first-order chi connectivity index (χ1) is 14.5. The van der Waals surface area contributed by atoms with Crippen LogP contribution in [0.1, 0.15) is 33.6 Å². The molecule has 9 nitrogen and oxygen atoms in total. The van der Waals surface area contributed by atoms with E-state index >= 15 is 0 Å². The van der Waals surface area contributed by atoms with Crippen molar-refractivity contribution in [3.05, 3.63) is 34.1 Å². The van der Waals surface area contributed by atoms with Crippen molar-refractivity contribution in [2.45, 2.75) is 39.2 Å². The lowest BCUT2D eigenvalue weighted by Crippen LogP contribution is -2.52. The Hall–Kier alpha value is -2.91. The van der Waals surface area contributed by atoms with Gasteiger partial charge in [0.1, 0.15) is 5.60 Å². The second kappa shape index (κ2) is 9.07. The predicted molar refractivity (Wildman–Crippen MR) is 112 cm³/mol. The van der Waals surface area contributed by atoms with E-state index in [9.17, 15) is 24.1 Å². The molecule has 2 fully saturated rings. The molecule has 2 aliphatic heterocycles. The van der Waals surface area contributed by atoms with E-state index in [0.717, 1.165) is 6.07 Å². The average Bonchev–Trinajstić information content (AvgIpc) is 2.72. The molecule has 0 spiro atoms. The third-order valence-corrected chi connectivity index (χ3v) is 5.57. The Bertz CT molecular complexity index is 841. The van der Waals surface area contributed by atoms with E-state index < -0.39 is 16.3 Å². The number of anilines is 1. The van der Waals surface area contributed by atoms with Crippen molar-refractivity contribution < 1.29 is 23.6 Å². The molecule has 0 aromatic heterocycles. The molecule has 2 amide bonds. The van der Waals surface area contributed by atoms with E-state index in [1.54, 1.807) is 14.7 Å². The lowest BCUT2D eigenvalue weighted by Gasteiger charge is -2.39. The number of piperidine rings is 1. The van der Waals surface area contributed by atoms with Gasteiger partial charge in [-0.15, -0.1) is 0 Å². The second-order valence-electron chi connectivity index (χ2n) is 8.95. The topological polar surface area (TPSA) is 96.2 Å². The monoisotopic (exact) mass is 436 g/mol. The summed E-state index contributed by atoms with van der Waals surface area (Å²) in [4.78, 5) is 40.5. The fraction of sp³-hybridized carbons (Fsp3) is 0.619. The number of piperazine rings is 1. The summed E-state index contributed by atoms with van der Waals surface area (Å²) in [6.45, 7) is 8.27. The van der Waals surface area contributed by atoms with Crippen LogP contribution in [0.25, 0.3) is 0 Å². The van der Waals surface area contributed by atoms with Gasteiger partial charge in [-0.2, -0.15) is 0 Å². The van der Waals surface area contributed by atoms with Crippen molar-refractivity contribution in [3.63, 3.8) is 0 Å². The average molecular weight is 436 g/mol. The zero-order valence-electron chi connectivity index (χ0n) is 18.2. The van der Waals surface area contributed by atoms with Crippen LogP contribution in [0.2, 0.25) is 0 Å². The molecule has 0 unspecified atom stereocenters. The number of nitro groups is 1. The number of amides is 2. The Balaban J connectivity index is 1.50. The van der Waals surface area contributed by atoms with Gasteiger partial charge in [0.25, 0.3) is 5.69 Å². The second-order valence-corrected chi connectivity index (χ2v) is 8.95. The summed E-state index contributed by atoms with van der Waals surface area (Å²) in [6.07, 6.45) is 0.835. The molecular formula is C21H29FN4O5. The maximum absolute atomic E-state index is 14.3. The molecular weight excluding hydrogens is 407 g/mol.